The monoisotopic (exact) mass is 664 g/mol. The summed E-state index contributed by atoms with van der Waals surface area (Å²) in [5.41, 5.74) is 31.0. The normalized spacial score (nSPS) is 14.9. The molecule has 1 heterocycles. The predicted octanol–water partition coefficient (Wildman–Crippen LogP) is -24.2. The van der Waals surface area contributed by atoms with Gasteiger partial charge in [0, 0.05) is 17.1 Å². The van der Waals surface area contributed by atoms with E-state index in [4.69, 9.17) is 9.31 Å². The van der Waals surface area contributed by atoms with Crippen molar-refractivity contribution in [3.8, 4) is 11.1 Å². The maximum Gasteiger partial charge on any atom is 0.493 e. The molecule has 0 N–H and O–H groups in total. The second-order valence-electron chi connectivity index (χ2n) is 17.4. The topological polar surface area (TPSA) is 21.7 Å². The summed E-state index contributed by atoms with van der Waals surface area (Å²) in [6.45, 7) is 8.57. The SMILES string of the molecule is Bc1c(B)c(B)c(-c2c(B)c(B)c(B)c(N(c3c(B)c(B)c(B)c(B)c3B)c3c(B)c(B)c(B4OC(C)(C)C(C)(C)O4)c(B)c3B)c2B)c(B)c1B. The van der Waals surface area contributed by atoms with E-state index in [1.54, 1.807) is 0 Å². The van der Waals surface area contributed by atoms with Gasteiger partial charge in [0.05, 0.1) is 11.2 Å². The van der Waals surface area contributed by atoms with Crippen LogP contribution in [-0.2, 0) is 9.31 Å². The maximum atomic E-state index is 6.72. The Kier molecular flexibility index (Phi) is 10.9. The first-order valence-corrected chi connectivity index (χ1v) is 19.3. The molecule has 0 radical (unpaired) electrons. The van der Waals surface area contributed by atoms with Crippen LogP contribution in [0.5, 0.6) is 0 Å². The van der Waals surface area contributed by atoms with Crippen molar-refractivity contribution < 1.29 is 9.31 Å². The van der Waals surface area contributed by atoms with E-state index < -0.39 is 18.3 Å². The Labute approximate surface area is 331 Å². The Balaban J connectivity index is 1.99. The fourth-order valence-corrected chi connectivity index (χ4v) is 9.04. The van der Waals surface area contributed by atoms with Gasteiger partial charge < -0.3 is 14.2 Å². The number of hydrogen-bond acceptors (Lipinski definition) is 3. The highest BCUT2D eigenvalue weighted by Crippen LogP contribution is 2.36. The molecule has 0 aliphatic carbocycles. The lowest BCUT2D eigenvalue weighted by Gasteiger charge is -2.40. The Bertz CT molecular complexity index is 2120. The highest BCUT2D eigenvalue weighted by atomic mass is 16.7. The van der Waals surface area contributed by atoms with Gasteiger partial charge in [-0.15, -0.1) is 21.9 Å². The first-order valence-electron chi connectivity index (χ1n) is 19.3. The first-order chi connectivity index (χ1) is 23.8. The van der Waals surface area contributed by atoms with Crippen molar-refractivity contribution >= 4 is 269 Å². The van der Waals surface area contributed by atoms with Crippen LogP contribution in [0, 0.1) is 0 Å². The number of rotatable bonds is 5. The van der Waals surface area contributed by atoms with Crippen molar-refractivity contribution in [3.63, 3.8) is 0 Å². The first kappa shape index (κ1) is 41.0. The Morgan fingerprint density at radius 3 is 0.904 bits per heavy atom. The molecule has 0 aromatic heterocycles. The summed E-state index contributed by atoms with van der Waals surface area (Å²) in [4.78, 5) is 2.67. The number of anilines is 3. The zero-order valence-electron chi connectivity index (χ0n) is 36.8. The smallest absolute Gasteiger partial charge is 0.399 e. The van der Waals surface area contributed by atoms with Gasteiger partial charge in [0.15, 0.2) is 0 Å². The minimum atomic E-state index is -0.423. The maximum absolute atomic E-state index is 6.72. The number of hydrogen-bond donors (Lipinski definition) is 0. The largest absolute Gasteiger partial charge is 0.493 e. The molecule has 4 aromatic carbocycles. The Hall–Kier alpha value is -2.17. The molecule has 52 heavy (non-hydrogen) atoms. The van der Waals surface area contributed by atoms with Crippen LogP contribution in [0.25, 0.3) is 11.1 Å². The van der Waals surface area contributed by atoms with E-state index in [1.165, 1.54) is 127 Å². The van der Waals surface area contributed by atoms with E-state index in [2.05, 4.69) is 174 Å². The van der Waals surface area contributed by atoms with Gasteiger partial charge in [-0.25, -0.2) is 0 Å². The summed E-state index contributed by atoms with van der Waals surface area (Å²) >= 11 is 0. The quantitative estimate of drug-likeness (QED) is 0.199. The third kappa shape index (κ3) is 5.95. The van der Waals surface area contributed by atoms with Crippen LogP contribution in [0.2, 0.25) is 0 Å². The van der Waals surface area contributed by atoms with Crippen LogP contribution >= 0.6 is 0 Å². The molecule has 0 atom stereocenters. The van der Waals surface area contributed by atoms with E-state index in [0.717, 1.165) is 5.46 Å². The molecule has 0 bridgehead atoms. The van der Waals surface area contributed by atoms with E-state index in [-0.39, 0.29) is 0 Å². The number of nitrogens with zero attached hydrogens (tertiary/aromatic N) is 1. The van der Waals surface area contributed by atoms with Crippen molar-refractivity contribution in [2.24, 2.45) is 0 Å². The van der Waals surface area contributed by atoms with Crippen molar-refractivity contribution in [1.82, 2.24) is 0 Å². The molecule has 1 saturated heterocycles. The van der Waals surface area contributed by atoms with Crippen molar-refractivity contribution in [3.05, 3.63) is 0 Å². The molecule has 5 rings (SSSR count). The van der Waals surface area contributed by atoms with Gasteiger partial charge in [0.2, 0.25) is 0 Å². The van der Waals surface area contributed by atoms with Gasteiger partial charge in [-0.3, -0.25) is 0 Å². The molecule has 3 nitrogen and oxygen atoms in total. The van der Waals surface area contributed by atoms with Crippen LogP contribution < -0.4 is 109 Å². The van der Waals surface area contributed by atoms with Gasteiger partial charge in [-0.05, 0) is 44.3 Å². The van der Waals surface area contributed by atoms with E-state index in [9.17, 15) is 0 Å². The summed E-state index contributed by atoms with van der Waals surface area (Å²) < 4.78 is 13.4. The van der Waals surface area contributed by atoms with E-state index in [1.807, 2.05) is 0 Å². The predicted molar refractivity (Wildman–Crippen MR) is 289 cm³/mol. The summed E-state index contributed by atoms with van der Waals surface area (Å²) in [7, 11) is 41.2. The molecule has 1 fully saturated rings. The Morgan fingerprint density at radius 1 is 0.327 bits per heavy atom. The molecule has 0 amide bonds. The van der Waals surface area contributed by atoms with Crippen LogP contribution in [0.15, 0.2) is 0 Å². The summed E-state index contributed by atoms with van der Waals surface area (Å²) in [5, 5.41) is 0. The van der Waals surface area contributed by atoms with E-state index in [0.29, 0.717) is 0 Å². The Morgan fingerprint density at radius 2 is 0.558 bits per heavy atom. The van der Waals surface area contributed by atoms with Gasteiger partial charge in [0.1, 0.15) is 141 Å². The summed E-state index contributed by atoms with van der Waals surface area (Å²) in [6, 6.07) is 0. The van der Waals surface area contributed by atoms with Crippen LogP contribution in [0.4, 0.5) is 17.1 Å². The zero-order valence-corrected chi connectivity index (χ0v) is 36.8. The molecule has 0 unspecified atom stereocenters. The van der Waals surface area contributed by atoms with E-state index >= 15 is 0 Å². The highest BCUT2D eigenvalue weighted by molar-refractivity contribution is 6.78. The molecular weight excluding hydrogens is 612 g/mol. The third-order valence-electron chi connectivity index (χ3n) is 14.6. The highest BCUT2D eigenvalue weighted by Gasteiger charge is 2.52. The van der Waals surface area contributed by atoms with Crippen LogP contribution in [0.1, 0.15) is 27.7 Å². The molecule has 1 aliphatic rings. The standard InChI is InChI=1S/C30H48B19NO2/c1-29(2)30(3,4)52-49(51-29)25-18(42)23(47)28(24(48)19(25)43)50(27-21(45)16(40)15(39)17(41)22(27)46)26-10(34)6(9(33)13(37)20(26)44)5-7(31)11(35)14(38)12(36)8(5)32/h31-48H2,1-4H3. The van der Waals surface area contributed by atoms with Crippen LogP contribution in [0.3, 0.4) is 0 Å². The molecule has 1 aliphatic heterocycles. The van der Waals surface area contributed by atoms with Gasteiger partial charge in [0.25, 0.3) is 0 Å². The fourth-order valence-electron chi connectivity index (χ4n) is 9.04. The van der Waals surface area contributed by atoms with Crippen molar-refractivity contribution in [2.45, 2.75) is 38.9 Å². The lowest BCUT2D eigenvalue weighted by Crippen LogP contribution is -2.64. The van der Waals surface area contributed by atoms with Gasteiger partial charge >= 0.3 is 7.12 Å². The fraction of sp³-hybridized carbons (Fsp3) is 0.200. The summed E-state index contributed by atoms with van der Waals surface area (Å²) in [6.07, 6.45) is 0. The van der Waals surface area contributed by atoms with Gasteiger partial charge in [-0.2, -0.15) is 0 Å². The average molecular weight is 660 g/mol. The minimum Gasteiger partial charge on any atom is -0.399 e. The molecule has 0 saturated carbocycles. The van der Waals surface area contributed by atoms with Gasteiger partial charge in [-0.1, -0.05) is 76.5 Å². The summed E-state index contributed by atoms with van der Waals surface area (Å²) in [5.74, 6) is 0. The van der Waals surface area contributed by atoms with Crippen LogP contribution in [-0.4, -0.2) is 160 Å². The lowest BCUT2D eigenvalue weighted by molar-refractivity contribution is 0.00578. The average Bonchev–Trinajstić information content (AvgIpc) is 3.29. The van der Waals surface area contributed by atoms with Crippen molar-refractivity contribution in [2.75, 3.05) is 4.90 Å². The molecule has 0 spiro atoms. The molecule has 4 aromatic rings. The third-order valence-corrected chi connectivity index (χ3v) is 14.6. The molecule has 242 valence electrons. The van der Waals surface area contributed by atoms with Crippen molar-refractivity contribution in [1.29, 1.82) is 0 Å². The zero-order chi connectivity index (χ0) is 39.4. The minimum absolute atomic E-state index is 0.415. The molecular formula is C30H48B19NO2. The second kappa shape index (κ2) is 13.8. The molecule has 22 heteroatoms. The second-order valence-corrected chi connectivity index (χ2v) is 17.4. The number of benzene rings is 4. The lowest BCUT2D eigenvalue weighted by atomic mass is 9.56.